The highest BCUT2D eigenvalue weighted by Gasteiger charge is 2.44. The minimum atomic E-state index is -0.898. The molecule has 168 valence electrons. The van der Waals surface area contributed by atoms with E-state index in [0.717, 1.165) is 17.1 Å². The number of carbonyl (C=O) groups excluding carboxylic acids is 2. The van der Waals surface area contributed by atoms with Crippen LogP contribution in [0.2, 0.25) is 5.02 Å². The van der Waals surface area contributed by atoms with Gasteiger partial charge in [0.15, 0.2) is 17.3 Å². The molecular weight excluding hydrogens is 432 g/mol. The quantitative estimate of drug-likeness (QED) is 0.454. The van der Waals surface area contributed by atoms with Crippen LogP contribution in [0, 0.1) is 11.8 Å². The molecule has 0 saturated carbocycles. The molecule has 1 aliphatic heterocycles. The summed E-state index contributed by atoms with van der Waals surface area (Å²) in [5.74, 6) is -1.90. The van der Waals surface area contributed by atoms with Crippen molar-refractivity contribution >= 4 is 34.7 Å². The largest absolute Gasteiger partial charge is 0.503 e. The van der Waals surface area contributed by atoms with Gasteiger partial charge in [-0.25, -0.2) is 0 Å². The number of esters is 1. The highest BCUT2D eigenvalue weighted by Crippen LogP contribution is 2.46. The second-order valence-corrected chi connectivity index (χ2v) is 8.38. The maximum absolute atomic E-state index is 13.7. The molecule has 1 aliphatic carbocycles. The zero-order valence-corrected chi connectivity index (χ0v) is 18.8. The molecule has 0 fully saturated rings. The Balaban J connectivity index is 1.90. The first-order valence-electron chi connectivity index (χ1n) is 10.5. The van der Waals surface area contributed by atoms with E-state index < -0.39 is 17.9 Å². The molecule has 3 atom stereocenters. The molecule has 0 aromatic heterocycles. The van der Waals surface area contributed by atoms with Gasteiger partial charge in [-0.3, -0.25) is 9.59 Å². The summed E-state index contributed by atoms with van der Waals surface area (Å²) >= 11 is 6.30. The number of phenols is 1. The lowest BCUT2D eigenvalue weighted by Gasteiger charge is -2.32. The number of aromatic hydroxyl groups is 1. The molecule has 0 bridgehead atoms. The lowest BCUT2D eigenvalue weighted by molar-refractivity contribution is -0.151. The number of rotatable bonds is 4. The van der Waals surface area contributed by atoms with Crippen LogP contribution in [0.4, 0.5) is 11.4 Å². The molecule has 0 saturated heterocycles. The summed E-state index contributed by atoms with van der Waals surface area (Å²) in [6.45, 7) is 4.01. The molecule has 1 heterocycles. The number of phenolic OH excluding ortho intramolecular Hbond substituents is 1. The maximum atomic E-state index is 13.7. The number of benzene rings is 2. The van der Waals surface area contributed by atoms with Gasteiger partial charge in [-0.15, -0.1) is 0 Å². The fourth-order valence-electron chi connectivity index (χ4n) is 4.41. The van der Waals surface area contributed by atoms with Gasteiger partial charge in [-0.2, -0.15) is 0 Å². The second-order valence-electron chi connectivity index (χ2n) is 7.97. The average molecular weight is 457 g/mol. The van der Waals surface area contributed by atoms with E-state index in [4.69, 9.17) is 21.1 Å². The number of Topliss-reactive ketones (excluding diaryl/α,β-unsaturated/α-hetero) is 1. The first-order valence-corrected chi connectivity index (χ1v) is 10.9. The molecule has 0 amide bonds. The van der Waals surface area contributed by atoms with Gasteiger partial charge in [-0.05, 0) is 49.1 Å². The zero-order valence-electron chi connectivity index (χ0n) is 18.1. The van der Waals surface area contributed by atoms with Crippen molar-refractivity contribution in [2.45, 2.75) is 26.3 Å². The van der Waals surface area contributed by atoms with Gasteiger partial charge in [0, 0.05) is 11.3 Å². The molecule has 32 heavy (non-hydrogen) atoms. The normalized spacial score (nSPS) is 22.1. The van der Waals surface area contributed by atoms with E-state index in [1.165, 1.54) is 7.11 Å². The first kappa shape index (κ1) is 22.0. The summed E-state index contributed by atoms with van der Waals surface area (Å²) in [6.07, 6.45) is 0.498. The Morgan fingerprint density at radius 1 is 1.25 bits per heavy atom. The van der Waals surface area contributed by atoms with Crippen LogP contribution in [0.25, 0.3) is 0 Å². The molecular formula is C24H25ClN2O5. The molecule has 3 N–H and O–H groups in total. The zero-order chi connectivity index (χ0) is 23.0. The SMILES string of the molecule is CCOc1cc([C@H]2Nc3ccccc3NC3=C2C(=O)[C@@H](C(=O)OC)[C@@H](C)C3)cc(Cl)c1O. The predicted octanol–water partition coefficient (Wildman–Crippen LogP) is 4.68. The molecule has 2 aromatic carbocycles. The van der Waals surface area contributed by atoms with Gasteiger partial charge in [0.05, 0.1) is 36.2 Å². The van der Waals surface area contributed by atoms with E-state index in [2.05, 4.69) is 10.6 Å². The van der Waals surface area contributed by atoms with Crippen LogP contribution in [0.15, 0.2) is 47.7 Å². The molecule has 4 rings (SSSR count). The summed E-state index contributed by atoms with van der Waals surface area (Å²) in [7, 11) is 1.29. The lowest BCUT2D eigenvalue weighted by atomic mass is 9.75. The minimum Gasteiger partial charge on any atom is -0.503 e. The summed E-state index contributed by atoms with van der Waals surface area (Å²) < 4.78 is 10.5. The van der Waals surface area contributed by atoms with Crippen molar-refractivity contribution in [1.29, 1.82) is 0 Å². The summed E-state index contributed by atoms with van der Waals surface area (Å²) in [5, 5.41) is 17.2. The number of methoxy groups -OCH3 is 1. The van der Waals surface area contributed by atoms with Crippen molar-refractivity contribution in [3.05, 3.63) is 58.3 Å². The van der Waals surface area contributed by atoms with E-state index in [9.17, 15) is 14.7 Å². The van der Waals surface area contributed by atoms with Gasteiger partial charge in [0.2, 0.25) is 0 Å². The number of ketones is 1. The smallest absolute Gasteiger partial charge is 0.316 e. The number of para-hydroxylation sites is 2. The molecule has 0 unspecified atom stereocenters. The molecule has 2 aliphatic rings. The standard InChI is InChI=1S/C24H25ClN2O5/c1-4-32-18-11-13(10-14(25)22(18)28)21-20-17(26-15-7-5-6-8-16(15)27-21)9-12(2)19(23(20)29)24(30)31-3/h5-8,10-12,19,21,26-28H,4,9H2,1-3H3/t12-,19-,21+/m0/s1. The van der Waals surface area contributed by atoms with Crippen molar-refractivity contribution < 1.29 is 24.2 Å². The predicted molar refractivity (Wildman–Crippen MR) is 122 cm³/mol. The first-order chi connectivity index (χ1) is 15.3. The fourth-order valence-corrected chi connectivity index (χ4v) is 4.63. The number of nitrogens with one attached hydrogen (secondary N) is 2. The highest BCUT2D eigenvalue weighted by atomic mass is 35.5. The van der Waals surface area contributed by atoms with Crippen LogP contribution in [0.3, 0.4) is 0 Å². The number of allylic oxidation sites excluding steroid dienone is 1. The van der Waals surface area contributed by atoms with Crippen molar-refractivity contribution in [1.82, 2.24) is 0 Å². The van der Waals surface area contributed by atoms with E-state index >= 15 is 0 Å². The van der Waals surface area contributed by atoms with E-state index in [1.807, 2.05) is 31.2 Å². The number of hydrogen-bond acceptors (Lipinski definition) is 7. The fraction of sp³-hybridized carbons (Fsp3) is 0.333. The minimum absolute atomic E-state index is 0.113. The van der Waals surface area contributed by atoms with Gasteiger partial charge in [0.25, 0.3) is 0 Å². The van der Waals surface area contributed by atoms with E-state index in [1.54, 1.807) is 19.1 Å². The van der Waals surface area contributed by atoms with E-state index in [0.29, 0.717) is 24.2 Å². The number of ether oxygens (including phenoxy) is 2. The van der Waals surface area contributed by atoms with E-state index in [-0.39, 0.29) is 28.2 Å². The van der Waals surface area contributed by atoms with Crippen molar-refractivity contribution in [3.8, 4) is 11.5 Å². The number of carbonyl (C=O) groups is 2. The van der Waals surface area contributed by atoms with Gasteiger partial charge < -0.3 is 25.2 Å². The van der Waals surface area contributed by atoms with Crippen LogP contribution in [0.5, 0.6) is 11.5 Å². The topological polar surface area (TPSA) is 96.9 Å². The summed E-state index contributed by atoms with van der Waals surface area (Å²) in [6, 6.07) is 10.3. The Hall–Kier alpha value is -3.19. The Morgan fingerprint density at radius 2 is 1.97 bits per heavy atom. The third-order valence-electron chi connectivity index (χ3n) is 5.91. The van der Waals surface area contributed by atoms with Crippen molar-refractivity contribution in [3.63, 3.8) is 0 Å². The number of anilines is 2. The maximum Gasteiger partial charge on any atom is 0.316 e. The van der Waals surface area contributed by atoms with Crippen LogP contribution in [-0.4, -0.2) is 30.6 Å². The van der Waals surface area contributed by atoms with Crippen LogP contribution in [-0.2, 0) is 14.3 Å². The molecule has 0 radical (unpaired) electrons. The summed E-state index contributed by atoms with van der Waals surface area (Å²) in [4.78, 5) is 26.1. The Labute approximate surface area is 191 Å². The van der Waals surface area contributed by atoms with Crippen LogP contribution in [0.1, 0.15) is 31.9 Å². The Kier molecular flexibility index (Phi) is 6.02. The Bertz CT molecular complexity index is 1110. The van der Waals surface area contributed by atoms with Crippen LogP contribution < -0.4 is 15.4 Å². The van der Waals surface area contributed by atoms with Crippen molar-refractivity contribution in [2.75, 3.05) is 24.4 Å². The van der Waals surface area contributed by atoms with Crippen LogP contribution >= 0.6 is 11.6 Å². The third kappa shape index (κ3) is 3.77. The van der Waals surface area contributed by atoms with Crippen molar-refractivity contribution in [2.24, 2.45) is 11.8 Å². The average Bonchev–Trinajstić information content (AvgIpc) is 2.93. The molecule has 0 spiro atoms. The number of halogens is 1. The molecule has 8 heteroatoms. The van der Waals surface area contributed by atoms with Gasteiger partial charge >= 0.3 is 5.97 Å². The second kappa shape index (κ2) is 8.74. The molecule has 7 nitrogen and oxygen atoms in total. The highest BCUT2D eigenvalue weighted by molar-refractivity contribution is 6.32. The number of fused-ring (bicyclic) bond motifs is 1. The lowest BCUT2D eigenvalue weighted by Crippen LogP contribution is -2.39. The summed E-state index contributed by atoms with van der Waals surface area (Å²) in [5.41, 5.74) is 3.44. The van der Waals surface area contributed by atoms with Gasteiger partial charge in [-0.1, -0.05) is 30.7 Å². The monoisotopic (exact) mass is 456 g/mol. The van der Waals surface area contributed by atoms with Gasteiger partial charge in [0.1, 0.15) is 5.92 Å². The third-order valence-corrected chi connectivity index (χ3v) is 6.20. The molecule has 2 aromatic rings. The number of hydrogen-bond donors (Lipinski definition) is 3. The Morgan fingerprint density at radius 3 is 2.66 bits per heavy atom.